The Labute approximate surface area is 135 Å². The highest BCUT2D eigenvalue weighted by Gasteiger charge is 2.39. The smallest absolute Gasteiger partial charge is 0.0449 e. The molecule has 1 unspecified atom stereocenters. The average molecular weight is 360 g/mol. The maximum Gasteiger partial charge on any atom is 0.0449 e. The van der Waals surface area contributed by atoms with Crippen LogP contribution in [0.4, 0.5) is 0 Å². The number of hydrogen-bond donors (Lipinski definition) is 1. The summed E-state index contributed by atoms with van der Waals surface area (Å²) in [6.07, 6.45) is 7.11. The molecule has 0 aromatic heterocycles. The second-order valence-electron chi connectivity index (χ2n) is 6.11. The number of nitrogens with zero attached hydrogens (tertiary/aromatic N) is 1. The number of benzene rings is 1. The average Bonchev–Trinajstić information content (AvgIpc) is 2.42. The van der Waals surface area contributed by atoms with Crippen molar-refractivity contribution in [2.45, 2.75) is 50.1 Å². The van der Waals surface area contributed by atoms with Gasteiger partial charge in [0.05, 0.1) is 0 Å². The van der Waals surface area contributed by atoms with E-state index >= 15 is 0 Å². The first kappa shape index (κ1) is 16.3. The fraction of sp³-hybridized carbons (Fsp3) is 0.625. The molecule has 0 amide bonds. The molecule has 20 heavy (non-hydrogen) atoms. The Bertz CT molecular complexity index is 456. The fourth-order valence-electron chi connectivity index (χ4n) is 3.43. The lowest BCUT2D eigenvalue weighted by atomic mass is 9.74. The Morgan fingerprint density at radius 2 is 1.95 bits per heavy atom. The van der Waals surface area contributed by atoms with Gasteiger partial charge in [-0.3, -0.25) is 0 Å². The van der Waals surface area contributed by atoms with Crippen molar-refractivity contribution in [2.75, 3.05) is 14.1 Å². The highest BCUT2D eigenvalue weighted by molar-refractivity contribution is 9.10. The minimum Gasteiger partial charge on any atom is -0.326 e. The molecule has 2 rings (SSSR count). The van der Waals surface area contributed by atoms with Gasteiger partial charge in [0.25, 0.3) is 0 Å². The van der Waals surface area contributed by atoms with Crippen LogP contribution in [0.15, 0.2) is 22.7 Å². The van der Waals surface area contributed by atoms with Gasteiger partial charge in [0.2, 0.25) is 0 Å². The number of rotatable bonds is 4. The van der Waals surface area contributed by atoms with E-state index < -0.39 is 0 Å². The summed E-state index contributed by atoms with van der Waals surface area (Å²) in [4.78, 5) is 2.34. The molecule has 1 aliphatic rings. The molecule has 2 N–H and O–H groups in total. The van der Waals surface area contributed by atoms with Crippen molar-refractivity contribution in [1.29, 1.82) is 0 Å². The molecule has 2 nitrogen and oxygen atoms in total. The zero-order valence-electron chi connectivity index (χ0n) is 12.3. The van der Waals surface area contributed by atoms with Crippen LogP contribution in [0.2, 0.25) is 5.02 Å². The van der Waals surface area contributed by atoms with Gasteiger partial charge < -0.3 is 10.6 Å². The van der Waals surface area contributed by atoms with Crippen LogP contribution >= 0.6 is 27.5 Å². The fourth-order valence-corrected chi connectivity index (χ4v) is 4.18. The Balaban J connectivity index is 2.18. The van der Waals surface area contributed by atoms with Gasteiger partial charge >= 0.3 is 0 Å². The predicted molar refractivity (Wildman–Crippen MR) is 90.3 cm³/mol. The molecule has 0 heterocycles. The Kier molecular flexibility index (Phi) is 5.52. The third-order valence-electron chi connectivity index (χ3n) is 4.76. The van der Waals surface area contributed by atoms with Gasteiger partial charge in [0.15, 0.2) is 0 Å². The zero-order chi connectivity index (χ0) is 14.8. The maximum atomic E-state index is 6.61. The SMILES string of the molecule is CN(C)C1(C(N)Cc2ccc(Br)cc2Cl)CCCCC1. The van der Waals surface area contributed by atoms with Gasteiger partial charge in [-0.2, -0.15) is 0 Å². The van der Waals surface area contributed by atoms with E-state index in [0.29, 0.717) is 0 Å². The summed E-state index contributed by atoms with van der Waals surface area (Å²) >= 11 is 9.79. The minimum atomic E-state index is 0.120. The summed E-state index contributed by atoms with van der Waals surface area (Å²) in [6, 6.07) is 6.19. The number of likely N-dealkylation sites (N-methyl/N-ethyl adjacent to an activating group) is 1. The van der Waals surface area contributed by atoms with Gasteiger partial charge in [-0.05, 0) is 51.1 Å². The standard InChI is InChI=1S/C16H24BrClN2/c1-20(2)16(8-4-3-5-9-16)15(19)10-12-6-7-13(17)11-14(12)18/h6-7,11,15H,3-5,8-10,19H2,1-2H3. The third-order valence-corrected chi connectivity index (χ3v) is 5.60. The Hall–Kier alpha value is -0.0900. The quantitative estimate of drug-likeness (QED) is 0.871. The molecule has 1 saturated carbocycles. The van der Waals surface area contributed by atoms with Crippen LogP contribution in [0.5, 0.6) is 0 Å². The molecule has 1 aliphatic carbocycles. The first-order valence-corrected chi connectivity index (χ1v) is 8.50. The molecule has 0 saturated heterocycles. The van der Waals surface area contributed by atoms with Crippen molar-refractivity contribution in [1.82, 2.24) is 4.90 Å². The van der Waals surface area contributed by atoms with E-state index in [9.17, 15) is 0 Å². The van der Waals surface area contributed by atoms with Crippen molar-refractivity contribution < 1.29 is 0 Å². The first-order valence-electron chi connectivity index (χ1n) is 7.32. The van der Waals surface area contributed by atoms with Crippen molar-refractivity contribution >= 4 is 27.5 Å². The lowest BCUT2D eigenvalue weighted by molar-refractivity contribution is 0.0716. The highest BCUT2D eigenvalue weighted by Crippen LogP contribution is 2.36. The summed E-state index contributed by atoms with van der Waals surface area (Å²) in [6.45, 7) is 0. The predicted octanol–water partition coefficient (Wildman–Crippen LogP) is 4.24. The summed E-state index contributed by atoms with van der Waals surface area (Å²) < 4.78 is 1.01. The van der Waals surface area contributed by atoms with E-state index in [4.69, 9.17) is 17.3 Å². The van der Waals surface area contributed by atoms with Gasteiger partial charge in [-0.25, -0.2) is 0 Å². The normalized spacial score (nSPS) is 20.1. The minimum absolute atomic E-state index is 0.120. The molecule has 112 valence electrons. The maximum absolute atomic E-state index is 6.61. The molecule has 0 aliphatic heterocycles. The first-order chi connectivity index (χ1) is 9.45. The van der Waals surface area contributed by atoms with Crippen molar-refractivity contribution in [2.24, 2.45) is 5.73 Å². The van der Waals surface area contributed by atoms with Crippen molar-refractivity contribution in [3.05, 3.63) is 33.3 Å². The molecule has 0 bridgehead atoms. The molecular weight excluding hydrogens is 336 g/mol. The van der Waals surface area contributed by atoms with Crippen LogP contribution < -0.4 is 5.73 Å². The summed E-state index contributed by atoms with van der Waals surface area (Å²) in [5, 5.41) is 0.805. The van der Waals surface area contributed by atoms with Crippen LogP contribution in [0.3, 0.4) is 0 Å². The lowest BCUT2D eigenvalue weighted by Crippen LogP contribution is -2.59. The second-order valence-corrected chi connectivity index (χ2v) is 7.43. The van der Waals surface area contributed by atoms with Crippen molar-refractivity contribution in [3.63, 3.8) is 0 Å². The molecule has 1 aromatic rings. The van der Waals surface area contributed by atoms with Crippen LogP contribution in [0.25, 0.3) is 0 Å². The number of halogens is 2. The monoisotopic (exact) mass is 358 g/mol. The largest absolute Gasteiger partial charge is 0.326 e. The van der Waals surface area contributed by atoms with E-state index in [1.165, 1.54) is 32.1 Å². The van der Waals surface area contributed by atoms with Crippen LogP contribution in [0.1, 0.15) is 37.7 Å². The summed E-state index contributed by atoms with van der Waals surface area (Å²) in [7, 11) is 4.32. The van der Waals surface area contributed by atoms with Gasteiger partial charge in [0, 0.05) is 21.1 Å². The van der Waals surface area contributed by atoms with Crippen molar-refractivity contribution in [3.8, 4) is 0 Å². The van der Waals surface area contributed by atoms with E-state index in [1.807, 2.05) is 12.1 Å². The van der Waals surface area contributed by atoms with Gasteiger partial charge in [-0.1, -0.05) is 52.9 Å². The second kappa shape index (κ2) is 6.78. The molecule has 0 spiro atoms. The van der Waals surface area contributed by atoms with Crippen LogP contribution in [-0.2, 0) is 6.42 Å². The molecular formula is C16H24BrClN2. The van der Waals surface area contributed by atoms with Gasteiger partial charge in [0.1, 0.15) is 0 Å². The third kappa shape index (κ3) is 3.38. The topological polar surface area (TPSA) is 29.3 Å². The van der Waals surface area contributed by atoms with E-state index in [-0.39, 0.29) is 11.6 Å². The lowest BCUT2D eigenvalue weighted by Gasteiger charge is -2.47. The highest BCUT2D eigenvalue weighted by atomic mass is 79.9. The molecule has 1 atom stereocenters. The van der Waals surface area contributed by atoms with Crippen LogP contribution in [0, 0.1) is 0 Å². The van der Waals surface area contributed by atoms with E-state index in [1.54, 1.807) is 0 Å². The van der Waals surface area contributed by atoms with Gasteiger partial charge in [-0.15, -0.1) is 0 Å². The zero-order valence-corrected chi connectivity index (χ0v) is 14.7. The summed E-state index contributed by atoms with van der Waals surface area (Å²) in [5.74, 6) is 0. The molecule has 1 aromatic carbocycles. The molecule has 4 heteroatoms. The Morgan fingerprint density at radius 3 is 2.50 bits per heavy atom. The molecule has 0 radical (unpaired) electrons. The van der Waals surface area contributed by atoms with E-state index in [0.717, 1.165) is 21.5 Å². The van der Waals surface area contributed by atoms with Crippen LogP contribution in [-0.4, -0.2) is 30.6 Å². The number of nitrogens with two attached hydrogens (primary N) is 1. The number of hydrogen-bond acceptors (Lipinski definition) is 2. The summed E-state index contributed by atoms with van der Waals surface area (Å²) in [5.41, 5.74) is 7.88. The Morgan fingerprint density at radius 1 is 1.30 bits per heavy atom. The van der Waals surface area contributed by atoms with E-state index in [2.05, 4.69) is 41.0 Å². The molecule has 1 fully saturated rings.